The second-order valence-corrected chi connectivity index (χ2v) is 4.95. The third-order valence-corrected chi connectivity index (χ3v) is 3.38. The van der Waals surface area contributed by atoms with E-state index in [1.807, 2.05) is 44.2 Å². The lowest BCUT2D eigenvalue weighted by Gasteiger charge is -2.35. The zero-order valence-electron chi connectivity index (χ0n) is 12.2. The first-order valence-electron chi connectivity index (χ1n) is 6.94. The van der Waals surface area contributed by atoms with Gasteiger partial charge in [0.25, 0.3) is 0 Å². The van der Waals surface area contributed by atoms with E-state index in [-0.39, 0.29) is 12.1 Å². The summed E-state index contributed by atoms with van der Waals surface area (Å²) in [4.78, 5) is 1.39. The molecule has 0 bridgehead atoms. The Kier molecular flexibility index (Phi) is 6.49. The minimum Gasteiger partial charge on any atom is -0.309 e. The number of halogens is 3. The number of hydrogen-bond donors (Lipinski definition) is 1. The van der Waals surface area contributed by atoms with E-state index in [0.717, 1.165) is 12.1 Å². The largest absolute Gasteiger partial charge is 0.401 e. The second kappa shape index (κ2) is 7.64. The summed E-state index contributed by atoms with van der Waals surface area (Å²) in [6.45, 7) is 3.72. The van der Waals surface area contributed by atoms with E-state index in [1.165, 1.54) is 11.9 Å². The zero-order chi connectivity index (χ0) is 15.2. The lowest BCUT2D eigenvalue weighted by Crippen LogP contribution is -2.46. The van der Waals surface area contributed by atoms with Crippen molar-refractivity contribution in [1.82, 2.24) is 10.2 Å². The van der Waals surface area contributed by atoms with Gasteiger partial charge >= 0.3 is 6.18 Å². The molecule has 0 fully saturated rings. The van der Waals surface area contributed by atoms with Gasteiger partial charge in [0.05, 0.1) is 6.54 Å². The SMILES string of the molecule is CCNC(c1ccccc1)C(CC)N(C)CC(F)(F)F. The number of rotatable bonds is 7. The van der Waals surface area contributed by atoms with Crippen LogP contribution in [0, 0.1) is 0 Å². The highest BCUT2D eigenvalue weighted by Crippen LogP contribution is 2.25. The molecule has 0 radical (unpaired) electrons. The molecule has 1 aromatic carbocycles. The smallest absolute Gasteiger partial charge is 0.309 e. The van der Waals surface area contributed by atoms with E-state index in [2.05, 4.69) is 5.32 Å². The van der Waals surface area contributed by atoms with Crippen molar-refractivity contribution >= 4 is 0 Å². The summed E-state index contributed by atoms with van der Waals surface area (Å²) < 4.78 is 37.8. The zero-order valence-corrected chi connectivity index (χ0v) is 12.2. The van der Waals surface area contributed by atoms with Crippen LogP contribution in [0.1, 0.15) is 31.9 Å². The van der Waals surface area contributed by atoms with Crippen LogP contribution < -0.4 is 5.32 Å². The molecule has 0 saturated carbocycles. The van der Waals surface area contributed by atoms with Gasteiger partial charge in [-0.1, -0.05) is 44.2 Å². The summed E-state index contributed by atoms with van der Waals surface area (Å²) >= 11 is 0. The third kappa shape index (κ3) is 5.13. The van der Waals surface area contributed by atoms with Gasteiger partial charge in [-0.15, -0.1) is 0 Å². The summed E-state index contributed by atoms with van der Waals surface area (Å²) in [7, 11) is 1.54. The van der Waals surface area contributed by atoms with Gasteiger partial charge in [-0.25, -0.2) is 0 Å². The third-order valence-electron chi connectivity index (χ3n) is 3.38. The van der Waals surface area contributed by atoms with E-state index in [1.54, 1.807) is 0 Å². The molecule has 0 aliphatic rings. The molecule has 2 atom stereocenters. The molecule has 114 valence electrons. The van der Waals surface area contributed by atoms with Crippen LogP contribution in [0.2, 0.25) is 0 Å². The van der Waals surface area contributed by atoms with Gasteiger partial charge in [0.2, 0.25) is 0 Å². The fourth-order valence-corrected chi connectivity index (χ4v) is 2.56. The normalized spacial score (nSPS) is 15.3. The molecule has 0 saturated heterocycles. The van der Waals surface area contributed by atoms with E-state index in [9.17, 15) is 13.2 Å². The molecule has 5 heteroatoms. The summed E-state index contributed by atoms with van der Waals surface area (Å²) in [5, 5.41) is 3.31. The number of hydrogen-bond acceptors (Lipinski definition) is 2. The molecule has 0 heterocycles. The Hall–Kier alpha value is -1.07. The number of nitrogens with one attached hydrogen (secondary N) is 1. The molecule has 1 N–H and O–H groups in total. The van der Waals surface area contributed by atoms with Gasteiger partial charge in [0, 0.05) is 12.1 Å². The molecule has 0 spiro atoms. The van der Waals surface area contributed by atoms with Crippen molar-refractivity contribution in [2.45, 2.75) is 38.5 Å². The van der Waals surface area contributed by atoms with E-state index < -0.39 is 12.7 Å². The Morgan fingerprint density at radius 2 is 1.75 bits per heavy atom. The second-order valence-electron chi connectivity index (χ2n) is 4.95. The van der Waals surface area contributed by atoms with Gasteiger partial charge in [0.1, 0.15) is 0 Å². The van der Waals surface area contributed by atoms with Crippen molar-refractivity contribution < 1.29 is 13.2 Å². The monoisotopic (exact) mass is 288 g/mol. The Morgan fingerprint density at radius 3 is 2.20 bits per heavy atom. The summed E-state index contributed by atoms with van der Waals surface area (Å²) in [6.07, 6.45) is -3.52. The van der Waals surface area contributed by atoms with Crippen LogP contribution in [0.5, 0.6) is 0 Å². The molecular formula is C15H23F3N2. The Balaban J connectivity index is 2.92. The van der Waals surface area contributed by atoms with E-state index >= 15 is 0 Å². The average molecular weight is 288 g/mol. The number of alkyl halides is 3. The van der Waals surface area contributed by atoms with Crippen LogP contribution in [-0.2, 0) is 0 Å². The van der Waals surface area contributed by atoms with Crippen LogP contribution in [0.25, 0.3) is 0 Å². The molecular weight excluding hydrogens is 265 g/mol. The van der Waals surface area contributed by atoms with Crippen molar-refractivity contribution in [2.75, 3.05) is 20.1 Å². The van der Waals surface area contributed by atoms with Gasteiger partial charge in [-0.3, -0.25) is 4.90 Å². The van der Waals surface area contributed by atoms with Gasteiger partial charge < -0.3 is 5.32 Å². The molecule has 0 aliphatic carbocycles. The van der Waals surface area contributed by atoms with Gasteiger partial charge in [-0.05, 0) is 25.6 Å². The fourth-order valence-electron chi connectivity index (χ4n) is 2.56. The molecule has 2 nitrogen and oxygen atoms in total. The Morgan fingerprint density at radius 1 is 1.15 bits per heavy atom. The summed E-state index contributed by atoms with van der Waals surface area (Å²) in [6, 6.07) is 9.35. The van der Waals surface area contributed by atoms with Crippen LogP contribution in [0.4, 0.5) is 13.2 Å². The van der Waals surface area contributed by atoms with Crippen molar-refractivity contribution in [2.24, 2.45) is 0 Å². The maximum absolute atomic E-state index is 12.6. The molecule has 0 aliphatic heterocycles. The highest BCUT2D eigenvalue weighted by atomic mass is 19.4. The average Bonchev–Trinajstić information content (AvgIpc) is 2.37. The van der Waals surface area contributed by atoms with E-state index in [0.29, 0.717) is 6.42 Å². The lowest BCUT2D eigenvalue weighted by atomic mass is 9.96. The first kappa shape index (κ1) is 17.0. The van der Waals surface area contributed by atoms with Crippen LogP contribution in [-0.4, -0.2) is 37.3 Å². The van der Waals surface area contributed by atoms with Crippen molar-refractivity contribution in [1.29, 1.82) is 0 Å². The number of nitrogens with zero attached hydrogens (tertiary/aromatic N) is 1. The highest BCUT2D eigenvalue weighted by Gasteiger charge is 2.34. The minimum atomic E-state index is -4.17. The Bertz CT molecular complexity index is 378. The first-order chi connectivity index (χ1) is 9.39. The van der Waals surface area contributed by atoms with Crippen LogP contribution in [0.3, 0.4) is 0 Å². The van der Waals surface area contributed by atoms with Gasteiger partial charge in [-0.2, -0.15) is 13.2 Å². The minimum absolute atomic E-state index is 0.0986. The van der Waals surface area contributed by atoms with Gasteiger partial charge in [0.15, 0.2) is 0 Å². The van der Waals surface area contributed by atoms with Crippen molar-refractivity contribution in [3.63, 3.8) is 0 Å². The molecule has 1 aromatic rings. The molecule has 0 aromatic heterocycles. The standard InChI is InChI=1S/C15H23F3N2/c1-4-13(20(3)11-15(16,17)18)14(19-5-2)12-9-7-6-8-10-12/h6-10,13-14,19H,4-5,11H2,1-3H3. The lowest BCUT2D eigenvalue weighted by molar-refractivity contribution is -0.148. The van der Waals surface area contributed by atoms with Crippen LogP contribution >= 0.6 is 0 Å². The maximum Gasteiger partial charge on any atom is 0.401 e. The fraction of sp³-hybridized carbons (Fsp3) is 0.600. The number of benzene rings is 1. The predicted molar refractivity (Wildman–Crippen MR) is 75.6 cm³/mol. The summed E-state index contributed by atoms with van der Waals surface area (Å²) in [5.41, 5.74) is 1.02. The highest BCUT2D eigenvalue weighted by molar-refractivity contribution is 5.20. The van der Waals surface area contributed by atoms with Crippen molar-refractivity contribution in [3.8, 4) is 0 Å². The number of likely N-dealkylation sites (N-methyl/N-ethyl adjacent to an activating group) is 2. The van der Waals surface area contributed by atoms with Crippen LogP contribution in [0.15, 0.2) is 30.3 Å². The Labute approximate surface area is 119 Å². The molecule has 2 unspecified atom stereocenters. The maximum atomic E-state index is 12.6. The molecule has 0 amide bonds. The molecule has 1 rings (SSSR count). The van der Waals surface area contributed by atoms with Crippen molar-refractivity contribution in [3.05, 3.63) is 35.9 Å². The first-order valence-corrected chi connectivity index (χ1v) is 6.94. The quantitative estimate of drug-likeness (QED) is 0.824. The predicted octanol–water partition coefficient (Wildman–Crippen LogP) is 3.61. The molecule has 20 heavy (non-hydrogen) atoms. The van der Waals surface area contributed by atoms with E-state index in [4.69, 9.17) is 0 Å². The topological polar surface area (TPSA) is 15.3 Å². The summed E-state index contributed by atoms with van der Waals surface area (Å²) in [5.74, 6) is 0.